The Labute approximate surface area is 143 Å². The summed E-state index contributed by atoms with van der Waals surface area (Å²) in [5.74, 6) is 1.79. The van der Waals surface area contributed by atoms with Crippen molar-refractivity contribution >= 4 is 0 Å². The van der Waals surface area contributed by atoms with Crippen LogP contribution in [0.3, 0.4) is 0 Å². The molecule has 4 nitrogen and oxygen atoms in total. The number of methoxy groups -OCH3 is 1. The quantitative estimate of drug-likeness (QED) is 0.868. The number of rotatable bonds is 3. The highest BCUT2D eigenvalue weighted by Crippen LogP contribution is 2.31. The molecule has 126 valence electrons. The molecule has 2 aliphatic heterocycles. The summed E-state index contributed by atoms with van der Waals surface area (Å²) in [5.41, 5.74) is 5.21. The maximum absolute atomic E-state index is 5.74. The van der Waals surface area contributed by atoms with Crippen molar-refractivity contribution in [3.63, 3.8) is 0 Å². The molecule has 2 aliphatic rings. The van der Waals surface area contributed by atoms with E-state index in [1.165, 1.54) is 22.4 Å². The van der Waals surface area contributed by atoms with Gasteiger partial charge < -0.3 is 9.47 Å². The van der Waals surface area contributed by atoms with Gasteiger partial charge >= 0.3 is 0 Å². The van der Waals surface area contributed by atoms with Gasteiger partial charge in [0, 0.05) is 43.7 Å². The molecular formula is C20H24N2O2. The molecule has 0 amide bonds. The Morgan fingerprint density at radius 2 is 1.92 bits per heavy atom. The molecule has 0 saturated heterocycles. The summed E-state index contributed by atoms with van der Waals surface area (Å²) in [5, 5.41) is 0. The van der Waals surface area contributed by atoms with E-state index in [9.17, 15) is 0 Å². The average Bonchev–Trinajstić information content (AvgIpc) is 2.99. The zero-order chi connectivity index (χ0) is 16.5. The van der Waals surface area contributed by atoms with Gasteiger partial charge in [0.25, 0.3) is 0 Å². The first-order valence-corrected chi connectivity index (χ1v) is 8.77. The normalized spacial score (nSPS) is 18.2. The Morgan fingerprint density at radius 1 is 1.08 bits per heavy atom. The van der Waals surface area contributed by atoms with E-state index in [-0.39, 0.29) is 0 Å². The maximum Gasteiger partial charge on any atom is 0.213 e. The molecule has 1 atom stereocenters. The van der Waals surface area contributed by atoms with E-state index in [2.05, 4.69) is 41.1 Å². The van der Waals surface area contributed by atoms with Gasteiger partial charge in [-0.15, -0.1) is 0 Å². The van der Waals surface area contributed by atoms with E-state index in [0.717, 1.165) is 44.7 Å². The maximum atomic E-state index is 5.74. The van der Waals surface area contributed by atoms with Crippen LogP contribution in [0, 0.1) is 0 Å². The molecule has 24 heavy (non-hydrogen) atoms. The molecular weight excluding hydrogens is 300 g/mol. The number of ether oxygens (including phenoxy) is 2. The largest absolute Gasteiger partial charge is 0.493 e. The van der Waals surface area contributed by atoms with E-state index < -0.39 is 0 Å². The summed E-state index contributed by atoms with van der Waals surface area (Å²) in [6.45, 7) is 5.19. The number of benzene rings is 1. The predicted molar refractivity (Wildman–Crippen MR) is 93.8 cm³/mol. The smallest absolute Gasteiger partial charge is 0.213 e. The fraction of sp³-hybridized carbons (Fsp3) is 0.450. The lowest BCUT2D eigenvalue weighted by Gasteiger charge is -2.28. The van der Waals surface area contributed by atoms with Crippen molar-refractivity contribution in [3.05, 3.63) is 52.7 Å². The molecule has 1 aromatic carbocycles. The van der Waals surface area contributed by atoms with Crippen molar-refractivity contribution in [1.29, 1.82) is 0 Å². The van der Waals surface area contributed by atoms with E-state index in [4.69, 9.17) is 9.47 Å². The Balaban J connectivity index is 1.51. The summed E-state index contributed by atoms with van der Waals surface area (Å²) in [7, 11) is 1.68. The second kappa shape index (κ2) is 6.44. The monoisotopic (exact) mass is 324 g/mol. The highest BCUT2D eigenvalue weighted by atomic mass is 16.5. The van der Waals surface area contributed by atoms with Crippen LogP contribution in [0.1, 0.15) is 35.3 Å². The number of fused-ring (bicyclic) bond motifs is 2. The molecule has 0 N–H and O–H groups in total. The lowest BCUT2D eigenvalue weighted by atomic mass is 10.0. The van der Waals surface area contributed by atoms with E-state index in [1.54, 1.807) is 7.11 Å². The second-order valence-electron chi connectivity index (χ2n) is 6.64. The molecule has 0 radical (unpaired) electrons. The van der Waals surface area contributed by atoms with Gasteiger partial charge in [0.1, 0.15) is 5.75 Å². The average molecular weight is 324 g/mol. The Hall–Kier alpha value is -2.07. The summed E-state index contributed by atoms with van der Waals surface area (Å²) in [6, 6.07) is 11.2. The second-order valence-corrected chi connectivity index (χ2v) is 6.64. The molecule has 4 rings (SSSR count). The summed E-state index contributed by atoms with van der Waals surface area (Å²) in [4.78, 5) is 7.18. The highest BCUT2D eigenvalue weighted by molar-refractivity contribution is 5.41. The van der Waals surface area contributed by atoms with Crippen molar-refractivity contribution in [3.8, 4) is 11.6 Å². The van der Waals surface area contributed by atoms with Crippen LogP contribution in [0.4, 0.5) is 0 Å². The Morgan fingerprint density at radius 3 is 2.79 bits per heavy atom. The highest BCUT2D eigenvalue weighted by Gasteiger charge is 2.22. The lowest BCUT2D eigenvalue weighted by molar-refractivity contribution is 0.220. The van der Waals surface area contributed by atoms with E-state index in [1.807, 2.05) is 6.07 Å². The topological polar surface area (TPSA) is 34.6 Å². The summed E-state index contributed by atoms with van der Waals surface area (Å²) < 4.78 is 11.0. The van der Waals surface area contributed by atoms with Crippen LogP contribution in [-0.4, -0.2) is 36.7 Å². The van der Waals surface area contributed by atoms with Gasteiger partial charge in [0.2, 0.25) is 5.88 Å². The van der Waals surface area contributed by atoms with Crippen LogP contribution in [0.25, 0.3) is 0 Å². The van der Waals surface area contributed by atoms with Gasteiger partial charge in [-0.3, -0.25) is 4.90 Å². The minimum absolute atomic E-state index is 0.385. The summed E-state index contributed by atoms with van der Waals surface area (Å²) in [6.07, 6.45) is 3.05. The molecule has 0 fully saturated rings. The van der Waals surface area contributed by atoms with E-state index in [0.29, 0.717) is 11.9 Å². The molecule has 0 bridgehead atoms. The van der Waals surface area contributed by atoms with Gasteiger partial charge in [-0.2, -0.15) is 0 Å². The van der Waals surface area contributed by atoms with Gasteiger partial charge in [0.15, 0.2) is 0 Å². The summed E-state index contributed by atoms with van der Waals surface area (Å²) >= 11 is 0. The number of pyridine rings is 1. The zero-order valence-corrected chi connectivity index (χ0v) is 14.4. The Bertz CT molecular complexity index is 744. The molecule has 0 aliphatic carbocycles. The van der Waals surface area contributed by atoms with Crippen molar-refractivity contribution in [2.75, 3.05) is 26.8 Å². The van der Waals surface area contributed by atoms with Gasteiger partial charge in [-0.05, 0) is 36.1 Å². The van der Waals surface area contributed by atoms with Crippen LogP contribution in [0.5, 0.6) is 11.6 Å². The van der Waals surface area contributed by atoms with Gasteiger partial charge in [0.05, 0.1) is 13.7 Å². The molecule has 2 aromatic rings. The van der Waals surface area contributed by atoms with Crippen LogP contribution >= 0.6 is 0 Å². The third-order valence-electron chi connectivity index (χ3n) is 5.31. The number of nitrogens with zero attached hydrogens (tertiary/aromatic N) is 2. The first-order chi connectivity index (χ1) is 11.7. The van der Waals surface area contributed by atoms with Crippen LogP contribution < -0.4 is 9.47 Å². The van der Waals surface area contributed by atoms with Crippen LogP contribution in [0.15, 0.2) is 30.3 Å². The molecule has 4 heteroatoms. The predicted octanol–water partition coefficient (Wildman–Crippen LogP) is 3.19. The van der Waals surface area contributed by atoms with Crippen molar-refractivity contribution in [1.82, 2.24) is 9.88 Å². The third kappa shape index (κ3) is 2.86. The fourth-order valence-corrected chi connectivity index (χ4v) is 3.73. The molecule has 0 spiro atoms. The minimum atomic E-state index is 0.385. The first kappa shape index (κ1) is 15.5. The lowest BCUT2D eigenvalue weighted by Crippen LogP contribution is -2.29. The van der Waals surface area contributed by atoms with Crippen LogP contribution in [-0.2, 0) is 19.3 Å². The fourth-order valence-electron chi connectivity index (χ4n) is 3.73. The van der Waals surface area contributed by atoms with Gasteiger partial charge in [-0.1, -0.05) is 18.2 Å². The molecule has 0 unspecified atom stereocenters. The Kier molecular flexibility index (Phi) is 4.15. The number of hydrogen-bond acceptors (Lipinski definition) is 4. The minimum Gasteiger partial charge on any atom is -0.493 e. The third-order valence-corrected chi connectivity index (χ3v) is 5.31. The van der Waals surface area contributed by atoms with Gasteiger partial charge in [-0.25, -0.2) is 4.98 Å². The standard InChI is InChI=1S/C20H24N2O2/c1-14(17-4-3-16-9-12-24-19(16)13-17)22-10-7-15-5-6-20(23-2)21-18(15)8-11-22/h3-6,13-14H,7-12H2,1-2H3/t14-/m0/s1. The zero-order valence-electron chi connectivity index (χ0n) is 14.4. The van der Waals surface area contributed by atoms with Crippen molar-refractivity contribution < 1.29 is 9.47 Å². The molecule has 1 aromatic heterocycles. The van der Waals surface area contributed by atoms with Crippen LogP contribution in [0.2, 0.25) is 0 Å². The number of aromatic nitrogens is 1. The molecule has 3 heterocycles. The van der Waals surface area contributed by atoms with Crippen molar-refractivity contribution in [2.45, 2.75) is 32.2 Å². The number of hydrogen-bond donors (Lipinski definition) is 0. The molecule has 0 saturated carbocycles. The van der Waals surface area contributed by atoms with Crippen molar-refractivity contribution in [2.24, 2.45) is 0 Å². The SMILES string of the molecule is COc1ccc2c(n1)CCN([C@@H](C)c1ccc3c(c1)OCC3)CC2. The first-order valence-electron chi connectivity index (χ1n) is 8.77. The van der Waals surface area contributed by atoms with E-state index >= 15 is 0 Å².